The van der Waals surface area contributed by atoms with Crippen LogP contribution in [-0.4, -0.2) is 43.2 Å². The highest BCUT2D eigenvalue weighted by Gasteiger charge is 2.13. The summed E-state index contributed by atoms with van der Waals surface area (Å²) in [5, 5.41) is 3.63. The van der Waals surface area contributed by atoms with Crippen molar-refractivity contribution in [1.29, 1.82) is 0 Å². The lowest BCUT2D eigenvalue weighted by molar-refractivity contribution is 0.343. The average Bonchev–Trinajstić information content (AvgIpc) is 2.62. The SMILES string of the molecule is COc1ccc(CNC2CCCN(C)CC2)cn1. The summed E-state index contributed by atoms with van der Waals surface area (Å²) in [6, 6.07) is 4.62. The Labute approximate surface area is 109 Å². The number of nitrogens with one attached hydrogen (secondary N) is 1. The molecule has 2 rings (SSSR count). The highest BCUT2D eigenvalue weighted by molar-refractivity contribution is 5.17. The van der Waals surface area contributed by atoms with E-state index in [9.17, 15) is 0 Å². The van der Waals surface area contributed by atoms with Gasteiger partial charge < -0.3 is 15.0 Å². The molecule has 1 aliphatic rings. The molecule has 0 aliphatic carbocycles. The third-order valence-electron chi connectivity index (χ3n) is 3.55. The second-order valence-corrected chi connectivity index (χ2v) is 5.02. The molecule has 0 aromatic carbocycles. The van der Waals surface area contributed by atoms with Crippen molar-refractivity contribution in [2.75, 3.05) is 27.2 Å². The fourth-order valence-corrected chi connectivity index (χ4v) is 2.34. The molecule has 0 radical (unpaired) electrons. The molecule has 0 saturated carbocycles. The molecule has 1 aliphatic heterocycles. The van der Waals surface area contributed by atoms with E-state index in [1.165, 1.54) is 37.9 Å². The molecule has 2 heterocycles. The van der Waals surface area contributed by atoms with E-state index in [0.29, 0.717) is 11.9 Å². The summed E-state index contributed by atoms with van der Waals surface area (Å²) in [6.45, 7) is 3.31. The van der Waals surface area contributed by atoms with Gasteiger partial charge in [-0.05, 0) is 45.0 Å². The molecule has 100 valence electrons. The molecule has 18 heavy (non-hydrogen) atoms. The summed E-state index contributed by atoms with van der Waals surface area (Å²) in [5.74, 6) is 0.676. The standard InChI is InChI=1S/C14H23N3O/c1-17-8-3-4-13(7-9-17)15-10-12-5-6-14(18-2)16-11-12/h5-6,11,13,15H,3-4,7-10H2,1-2H3. The van der Waals surface area contributed by atoms with Gasteiger partial charge in [0, 0.05) is 24.8 Å². The van der Waals surface area contributed by atoms with Crippen molar-refractivity contribution in [2.45, 2.75) is 31.8 Å². The largest absolute Gasteiger partial charge is 0.481 e. The Kier molecular flexibility index (Phi) is 4.96. The Morgan fingerprint density at radius 2 is 2.28 bits per heavy atom. The Balaban J connectivity index is 1.79. The lowest BCUT2D eigenvalue weighted by atomic mass is 10.1. The third-order valence-corrected chi connectivity index (χ3v) is 3.55. The zero-order valence-electron chi connectivity index (χ0n) is 11.4. The molecule has 1 aromatic rings. The van der Waals surface area contributed by atoms with Crippen LogP contribution in [0.1, 0.15) is 24.8 Å². The number of hydrogen-bond acceptors (Lipinski definition) is 4. The number of hydrogen-bond donors (Lipinski definition) is 1. The lowest BCUT2D eigenvalue weighted by Crippen LogP contribution is -2.29. The average molecular weight is 249 g/mol. The van der Waals surface area contributed by atoms with Gasteiger partial charge in [0.15, 0.2) is 0 Å². The van der Waals surface area contributed by atoms with Crippen molar-refractivity contribution in [3.8, 4) is 5.88 Å². The van der Waals surface area contributed by atoms with E-state index in [0.717, 1.165) is 6.54 Å². The number of nitrogens with zero attached hydrogens (tertiary/aromatic N) is 2. The lowest BCUT2D eigenvalue weighted by Gasteiger charge is -2.16. The van der Waals surface area contributed by atoms with Crippen LogP contribution in [-0.2, 0) is 6.54 Å². The van der Waals surface area contributed by atoms with E-state index >= 15 is 0 Å². The molecule has 1 aromatic heterocycles. The van der Waals surface area contributed by atoms with Gasteiger partial charge in [0.1, 0.15) is 0 Å². The van der Waals surface area contributed by atoms with Crippen LogP contribution in [0.3, 0.4) is 0 Å². The summed E-state index contributed by atoms with van der Waals surface area (Å²) in [7, 11) is 3.85. The van der Waals surface area contributed by atoms with Crippen molar-refractivity contribution in [2.24, 2.45) is 0 Å². The van der Waals surface area contributed by atoms with Gasteiger partial charge in [-0.15, -0.1) is 0 Å². The van der Waals surface area contributed by atoms with Crippen LogP contribution < -0.4 is 10.1 Å². The molecule has 4 heteroatoms. The predicted molar refractivity (Wildman–Crippen MR) is 72.8 cm³/mol. The van der Waals surface area contributed by atoms with Crippen LogP contribution in [0.2, 0.25) is 0 Å². The zero-order chi connectivity index (χ0) is 12.8. The first kappa shape index (κ1) is 13.3. The van der Waals surface area contributed by atoms with Crippen molar-refractivity contribution >= 4 is 0 Å². The van der Waals surface area contributed by atoms with Crippen LogP contribution in [0.4, 0.5) is 0 Å². The van der Waals surface area contributed by atoms with Gasteiger partial charge >= 0.3 is 0 Å². The minimum atomic E-state index is 0.636. The van der Waals surface area contributed by atoms with Crippen LogP contribution >= 0.6 is 0 Å². The quantitative estimate of drug-likeness (QED) is 0.880. The second kappa shape index (κ2) is 6.71. The van der Waals surface area contributed by atoms with Gasteiger partial charge in [0.05, 0.1) is 7.11 Å². The Morgan fingerprint density at radius 1 is 1.39 bits per heavy atom. The van der Waals surface area contributed by atoms with Crippen molar-refractivity contribution in [1.82, 2.24) is 15.2 Å². The second-order valence-electron chi connectivity index (χ2n) is 5.02. The highest BCUT2D eigenvalue weighted by Crippen LogP contribution is 2.11. The molecule has 0 amide bonds. The van der Waals surface area contributed by atoms with Gasteiger partial charge in [-0.2, -0.15) is 0 Å². The van der Waals surface area contributed by atoms with Crippen LogP contribution in [0.15, 0.2) is 18.3 Å². The highest BCUT2D eigenvalue weighted by atomic mass is 16.5. The number of rotatable bonds is 4. The summed E-state index contributed by atoms with van der Waals surface area (Å²) >= 11 is 0. The summed E-state index contributed by atoms with van der Waals surface area (Å²) in [6.07, 6.45) is 5.68. The number of likely N-dealkylation sites (tertiary alicyclic amines) is 1. The smallest absolute Gasteiger partial charge is 0.212 e. The van der Waals surface area contributed by atoms with Crippen molar-refractivity contribution in [3.63, 3.8) is 0 Å². The fourth-order valence-electron chi connectivity index (χ4n) is 2.34. The monoisotopic (exact) mass is 249 g/mol. The molecule has 1 atom stereocenters. The summed E-state index contributed by atoms with van der Waals surface area (Å²) in [4.78, 5) is 6.63. The third kappa shape index (κ3) is 3.96. The molecular weight excluding hydrogens is 226 g/mol. The first-order valence-electron chi connectivity index (χ1n) is 6.69. The summed E-state index contributed by atoms with van der Waals surface area (Å²) in [5.41, 5.74) is 1.22. The number of methoxy groups -OCH3 is 1. The Hall–Kier alpha value is -1.13. The molecule has 1 N–H and O–H groups in total. The molecule has 1 saturated heterocycles. The minimum Gasteiger partial charge on any atom is -0.481 e. The molecule has 1 unspecified atom stereocenters. The first-order chi connectivity index (χ1) is 8.78. The van der Waals surface area contributed by atoms with E-state index in [4.69, 9.17) is 4.74 Å². The predicted octanol–water partition coefficient (Wildman–Crippen LogP) is 1.66. The van der Waals surface area contributed by atoms with E-state index in [1.807, 2.05) is 12.3 Å². The Morgan fingerprint density at radius 3 is 3.00 bits per heavy atom. The Bertz CT molecular complexity index is 353. The minimum absolute atomic E-state index is 0.636. The number of ether oxygens (including phenoxy) is 1. The molecule has 4 nitrogen and oxygen atoms in total. The molecular formula is C14H23N3O. The van der Waals surface area contributed by atoms with E-state index in [2.05, 4.69) is 28.3 Å². The fraction of sp³-hybridized carbons (Fsp3) is 0.643. The van der Waals surface area contributed by atoms with Gasteiger partial charge in [0.25, 0.3) is 0 Å². The maximum atomic E-state index is 5.05. The van der Waals surface area contributed by atoms with Gasteiger partial charge in [0.2, 0.25) is 5.88 Å². The van der Waals surface area contributed by atoms with Crippen molar-refractivity contribution in [3.05, 3.63) is 23.9 Å². The molecule has 0 bridgehead atoms. The molecule has 0 spiro atoms. The maximum Gasteiger partial charge on any atom is 0.212 e. The van der Waals surface area contributed by atoms with E-state index < -0.39 is 0 Å². The number of aromatic nitrogens is 1. The van der Waals surface area contributed by atoms with Gasteiger partial charge in [-0.3, -0.25) is 0 Å². The van der Waals surface area contributed by atoms with Gasteiger partial charge in [-0.25, -0.2) is 4.98 Å². The summed E-state index contributed by atoms with van der Waals surface area (Å²) < 4.78 is 5.05. The van der Waals surface area contributed by atoms with Crippen LogP contribution in [0.25, 0.3) is 0 Å². The first-order valence-corrected chi connectivity index (χ1v) is 6.69. The topological polar surface area (TPSA) is 37.4 Å². The maximum absolute atomic E-state index is 5.05. The van der Waals surface area contributed by atoms with Crippen LogP contribution in [0, 0.1) is 0 Å². The number of pyridine rings is 1. The normalized spacial score (nSPS) is 21.6. The van der Waals surface area contributed by atoms with E-state index in [-0.39, 0.29) is 0 Å². The van der Waals surface area contributed by atoms with Crippen molar-refractivity contribution < 1.29 is 4.74 Å². The zero-order valence-corrected chi connectivity index (χ0v) is 11.4. The van der Waals surface area contributed by atoms with E-state index in [1.54, 1.807) is 7.11 Å². The molecule has 1 fully saturated rings. The van der Waals surface area contributed by atoms with Gasteiger partial charge in [-0.1, -0.05) is 6.07 Å². The van der Waals surface area contributed by atoms with Crippen LogP contribution in [0.5, 0.6) is 5.88 Å².